The van der Waals surface area contributed by atoms with E-state index in [0.29, 0.717) is 11.3 Å². The van der Waals surface area contributed by atoms with Gasteiger partial charge in [0.2, 0.25) is 0 Å². The molecule has 0 aliphatic heterocycles. The molecule has 0 fully saturated rings. The molecule has 3 heteroatoms. The van der Waals surface area contributed by atoms with Gasteiger partial charge in [-0.05, 0) is 36.1 Å². The Labute approximate surface area is 318 Å². The van der Waals surface area contributed by atoms with Crippen LogP contribution >= 0.6 is 0 Å². The maximum Gasteiger partial charge on any atom is -1.00 e. The van der Waals surface area contributed by atoms with E-state index in [9.17, 15) is 0 Å². The molecule has 252 valence electrons. The second kappa shape index (κ2) is 15.4. The number of rotatable bonds is 3. The van der Waals surface area contributed by atoms with Gasteiger partial charge in [0.25, 0.3) is 0 Å². The first-order valence-corrected chi connectivity index (χ1v) is 18.3. The number of allylic oxidation sites excluding steroid dienone is 8. The number of benzene rings is 3. The van der Waals surface area contributed by atoms with Crippen molar-refractivity contribution in [3.63, 3.8) is 0 Å². The molecule has 0 N–H and O–H groups in total. The average molecular weight is 755 g/mol. The fraction of sp³-hybridized carbons (Fsp3) is 0.378. The van der Waals surface area contributed by atoms with E-state index >= 15 is 0 Å². The van der Waals surface area contributed by atoms with Crippen LogP contribution in [0.5, 0.6) is 0 Å². The van der Waals surface area contributed by atoms with Crippen molar-refractivity contribution in [2.24, 2.45) is 11.3 Å². The van der Waals surface area contributed by atoms with E-state index in [1.807, 2.05) is 6.07 Å². The van der Waals surface area contributed by atoms with Gasteiger partial charge in [-0.2, -0.15) is 11.6 Å². The van der Waals surface area contributed by atoms with Crippen LogP contribution in [0.2, 0.25) is 0 Å². The standard InChI is InChI=1S/C25H25.C12H19.C8H8.2ClH.Zr/c1-14-12-24(3,4)22-8-16-7-17-9-23-19(15(2)13-25(23,5)6)11-21(17)20(16)10-18(14)22;1-5-6-10-7-8-11(9-10)12(2,3)4;1-2-8-6-4-3-5-7-8;;;/h7-13H,1-6H3;8-10H,5-6H2,1-4H3;3-7H,1H3;2*1H;/q2*-1;;;;+2/p-2. The topological polar surface area (TPSA) is 0 Å². The zero-order chi connectivity index (χ0) is 33.6. The van der Waals surface area contributed by atoms with Crippen LogP contribution in [0.3, 0.4) is 0 Å². The maximum absolute atomic E-state index is 3.40. The third-order valence-electron chi connectivity index (χ3n) is 9.88. The molecule has 0 nitrogen and oxygen atoms in total. The molecule has 7 rings (SSSR count). The fourth-order valence-corrected chi connectivity index (χ4v) is 7.77. The summed E-state index contributed by atoms with van der Waals surface area (Å²) < 4.78 is 1.46. The quantitative estimate of drug-likeness (QED) is 0.206. The molecule has 1 unspecified atom stereocenters. The molecule has 1 atom stereocenters. The Morgan fingerprint density at radius 2 is 1.29 bits per heavy atom. The normalized spacial score (nSPS) is 17.9. The SMILES string of the molecule is CC1=CC(C)(C)c2cc3[cH-]c4cc5c(cc4c3cc21)C(C)=CC5(C)C.CCCC1[C-]=CC(C(C)(C)C)=C1.C[C](=[Zr+2])c1ccccc1.[Cl-].[Cl-]. The van der Waals surface area contributed by atoms with Crippen LogP contribution in [0.1, 0.15) is 117 Å². The molecule has 0 aromatic heterocycles. The van der Waals surface area contributed by atoms with Crippen LogP contribution < -0.4 is 24.8 Å². The molecular formula is C45H52Cl2Zr-2. The summed E-state index contributed by atoms with van der Waals surface area (Å²) in [7, 11) is 0. The van der Waals surface area contributed by atoms with Gasteiger partial charge in [-0.1, -0.05) is 115 Å². The number of halogens is 2. The van der Waals surface area contributed by atoms with Crippen LogP contribution in [-0.2, 0) is 35.1 Å². The van der Waals surface area contributed by atoms with Crippen LogP contribution in [0, 0.1) is 17.4 Å². The molecule has 4 aromatic carbocycles. The van der Waals surface area contributed by atoms with Crippen molar-refractivity contribution in [1.82, 2.24) is 0 Å². The fourth-order valence-electron chi connectivity index (χ4n) is 7.36. The molecular weight excluding hydrogens is 703 g/mol. The molecule has 3 aliphatic rings. The van der Waals surface area contributed by atoms with Crippen molar-refractivity contribution in [2.75, 3.05) is 0 Å². The Morgan fingerprint density at radius 3 is 1.67 bits per heavy atom. The molecule has 0 saturated carbocycles. The predicted molar refractivity (Wildman–Crippen MR) is 200 cm³/mol. The van der Waals surface area contributed by atoms with Gasteiger partial charge in [-0.3, -0.25) is 6.08 Å². The van der Waals surface area contributed by atoms with Crippen molar-refractivity contribution in [1.29, 1.82) is 0 Å². The van der Waals surface area contributed by atoms with Gasteiger partial charge < -0.3 is 24.8 Å². The van der Waals surface area contributed by atoms with E-state index in [-0.39, 0.29) is 35.6 Å². The maximum atomic E-state index is 3.40. The van der Waals surface area contributed by atoms with Gasteiger partial charge in [-0.25, -0.2) is 6.08 Å². The molecule has 48 heavy (non-hydrogen) atoms. The molecule has 4 aromatic rings. The Bertz CT molecular complexity index is 1830. The Balaban J connectivity index is 0.000000228. The van der Waals surface area contributed by atoms with Crippen LogP contribution in [0.4, 0.5) is 0 Å². The first-order chi connectivity index (χ1) is 21.5. The van der Waals surface area contributed by atoms with Crippen molar-refractivity contribution < 1.29 is 49.0 Å². The van der Waals surface area contributed by atoms with E-state index < -0.39 is 0 Å². The van der Waals surface area contributed by atoms with Crippen molar-refractivity contribution in [3.05, 3.63) is 124 Å². The van der Waals surface area contributed by atoms with Gasteiger partial charge >= 0.3 is 70.3 Å². The second-order valence-electron chi connectivity index (χ2n) is 15.8. The Kier molecular flexibility index (Phi) is 12.9. The zero-order valence-corrected chi connectivity index (χ0v) is 34.8. The number of fused-ring (bicyclic) bond motifs is 5. The van der Waals surface area contributed by atoms with Crippen LogP contribution in [0.15, 0.2) is 90.5 Å². The van der Waals surface area contributed by atoms with Crippen molar-refractivity contribution in [2.45, 2.75) is 99.8 Å². The van der Waals surface area contributed by atoms with Gasteiger partial charge in [0.1, 0.15) is 0 Å². The van der Waals surface area contributed by atoms with Gasteiger partial charge in [0.15, 0.2) is 0 Å². The van der Waals surface area contributed by atoms with E-state index in [4.69, 9.17) is 0 Å². The van der Waals surface area contributed by atoms with Crippen molar-refractivity contribution in [3.8, 4) is 0 Å². The summed E-state index contributed by atoms with van der Waals surface area (Å²) in [6.07, 6.45) is 15.2. The molecule has 0 heterocycles. The molecule has 0 bridgehead atoms. The van der Waals surface area contributed by atoms with Crippen LogP contribution in [-0.4, -0.2) is 3.21 Å². The van der Waals surface area contributed by atoms with Crippen LogP contribution in [0.25, 0.3) is 32.7 Å². The Morgan fingerprint density at radius 1 is 0.812 bits per heavy atom. The monoisotopic (exact) mass is 752 g/mol. The molecule has 0 spiro atoms. The summed E-state index contributed by atoms with van der Waals surface area (Å²) in [5, 5.41) is 5.57. The summed E-state index contributed by atoms with van der Waals surface area (Å²) >= 11 is 1.51. The summed E-state index contributed by atoms with van der Waals surface area (Å²) in [6.45, 7) is 24.9. The van der Waals surface area contributed by atoms with E-state index in [2.05, 4.69) is 161 Å². The van der Waals surface area contributed by atoms with Gasteiger partial charge in [0.05, 0.1) is 0 Å². The van der Waals surface area contributed by atoms with Crippen molar-refractivity contribution >= 4 is 35.9 Å². The van der Waals surface area contributed by atoms with Gasteiger partial charge in [0, 0.05) is 10.8 Å². The van der Waals surface area contributed by atoms with Gasteiger partial charge in [-0.15, -0.1) is 39.7 Å². The molecule has 3 aliphatic carbocycles. The molecule has 0 radical (unpaired) electrons. The summed E-state index contributed by atoms with van der Waals surface area (Å²) in [6, 6.07) is 22.6. The van der Waals surface area contributed by atoms with E-state index in [0.717, 1.165) is 0 Å². The number of hydrogen-bond donors (Lipinski definition) is 0. The average Bonchev–Trinajstić information content (AvgIpc) is 3.70. The largest absolute Gasteiger partial charge is 1.00 e. The molecule has 0 amide bonds. The number of hydrogen-bond acceptors (Lipinski definition) is 0. The summed E-state index contributed by atoms with van der Waals surface area (Å²) in [5.41, 5.74) is 12.0. The summed E-state index contributed by atoms with van der Waals surface area (Å²) in [4.78, 5) is 0. The second-order valence-corrected chi connectivity index (χ2v) is 17.6. The third-order valence-corrected chi connectivity index (χ3v) is 10.6. The summed E-state index contributed by atoms with van der Waals surface area (Å²) in [5.74, 6) is 0.587. The first kappa shape index (κ1) is 40.3. The third kappa shape index (κ3) is 8.40. The minimum atomic E-state index is 0. The zero-order valence-electron chi connectivity index (χ0n) is 30.8. The first-order valence-electron chi connectivity index (χ1n) is 17.1. The Hall–Kier alpha value is -2.18. The van der Waals surface area contributed by atoms with E-state index in [1.54, 1.807) is 0 Å². The predicted octanol–water partition coefficient (Wildman–Crippen LogP) is 6.63. The minimum Gasteiger partial charge on any atom is -1.00 e. The smallest absolute Gasteiger partial charge is 1.00 e. The minimum absolute atomic E-state index is 0. The molecule has 0 saturated heterocycles. The van der Waals surface area contributed by atoms with E-state index in [1.165, 1.54) is 106 Å².